The molecule has 0 spiro atoms. The van der Waals surface area contributed by atoms with Crippen molar-refractivity contribution in [2.75, 3.05) is 0 Å². The summed E-state index contributed by atoms with van der Waals surface area (Å²) in [5.74, 6) is 0. The molecule has 2 heterocycles. The van der Waals surface area contributed by atoms with Crippen LogP contribution in [-0.2, 0) is 0 Å². The lowest BCUT2D eigenvalue weighted by molar-refractivity contribution is 0.670. The Hall–Kier alpha value is -6.64. The van der Waals surface area contributed by atoms with Gasteiger partial charge in [0.15, 0.2) is 0 Å². The molecule has 11 rings (SSSR count). The molecule has 0 bridgehead atoms. The normalized spacial score (nSPS) is 12.0. The van der Waals surface area contributed by atoms with E-state index in [9.17, 15) is 0 Å². The Bertz CT molecular complexity index is 3080. The Morgan fingerprint density at radius 2 is 0.740 bits per heavy atom. The van der Waals surface area contributed by atoms with Gasteiger partial charge in [-0.3, -0.25) is 0 Å². The molecule has 232 valence electrons. The van der Waals surface area contributed by atoms with Crippen LogP contribution in [0.2, 0.25) is 0 Å². The van der Waals surface area contributed by atoms with E-state index in [1.165, 1.54) is 49.2 Å². The van der Waals surface area contributed by atoms with E-state index in [-0.39, 0.29) is 0 Å². The highest BCUT2D eigenvalue weighted by Crippen LogP contribution is 2.49. The number of fused-ring (bicyclic) bond motifs is 10. The van der Waals surface area contributed by atoms with E-state index in [1.807, 2.05) is 0 Å². The Kier molecular flexibility index (Phi) is 5.70. The summed E-state index contributed by atoms with van der Waals surface area (Å²) in [6, 6.07) is 60.6. The minimum atomic E-state index is 0.889. The maximum atomic E-state index is 6.72. The van der Waals surface area contributed by atoms with Crippen molar-refractivity contribution in [3.63, 3.8) is 0 Å². The fraction of sp³-hybridized carbons (Fsp3) is 0. The highest BCUT2D eigenvalue weighted by molar-refractivity contribution is 6.29. The van der Waals surface area contributed by atoms with Gasteiger partial charge < -0.3 is 8.83 Å². The largest absolute Gasteiger partial charge is 0.455 e. The topological polar surface area (TPSA) is 26.3 Å². The lowest BCUT2D eigenvalue weighted by Crippen LogP contribution is -1.91. The molecular formula is C48H28O2. The molecule has 0 saturated heterocycles. The molecule has 0 aliphatic carbocycles. The fourth-order valence-corrected chi connectivity index (χ4v) is 8.37. The molecule has 2 nitrogen and oxygen atoms in total. The quantitative estimate of drug-likeness (QED) is 0.180. The number of hydrogen-bond donors (Lipinski definition) is 0. The van der Waals surface area contributed by atoms with Crippen molar-refractivity contribution >= 4 is 76.2 Å². The van der Waals surface area contributed by atoms with Crippen molar-refractivity contribution in [3.8, 4) is 33.4 Å². The summed E-state index contributed by atoms with van der Waals surface area (Å²) in [6.07, 6.45) is 0. The van der Waals surface area contributed by atoms with E-state index in [0.717, 1.165) is 60.4 Å². The van der Waals surface area contributed by atoms with Gasteiger partial charge in [-0.05, 0) is 72.9 Å². The zero-order valence-corrected chi connectivity index (χ0v) is 27.0. The highest BCUT2D eigenvalue weighted by atomic mass is 16.3. The monoisotopic (exact) mass is 636 g/mol. The van der Waals surface area contributed by atoms with Crippen molar-refractivity contribution in [1.82, 2.24) is 0 Å². The van der Waals surface area contributed by atoms with Crippen LogP contribution in [0.4, 0.5) is 0 Å². The van der Waals surface area contributed by atoms with Crippen LogP contribution in [0.25, 0.3) is 110 Å². The van der Waals surface area contributed by atoms with Crippen LogP contribution in [0.5, 0.6) is 0 Å². The van der Waals surface area contributed by atoms with Crippen LogP contribution in [0.3, 0.4) is 0 Å². The third kappa shape index (κ3) is 3.79. The maximum absolute atomic E-state index is 6.72. The molecule has 0 amide bonds. The Labute approximate surface area is 287 Å². The summed E-state index contributed by atoms with van der Waals surface area (Å²) in [4.78, 5) is 0. The van der Waals surface area contributed by atoms with E-state index in [0.29, 0.717) is 0 Å². The predicted octanol–water partition coefficient (Wildman–Crippen LogP) is 13.9. The van der Waals surface area contributed by atoms with Crippen LogP contribution in [0.15, 0.2) is 179 Å². The summed E-state index contributed by atoms with van der Waals surface area (Å²) < 4.78 is 13.4. The van der Waals surface area contributed by atoms with E-state index < -0.39 is 0 Å². The zero-order chi connectivity index (χ0) is 32.8. The summed E-state index contributed by atoms with van der Waals surface area (Å²) in [7, 11) is 0. The third-order valence-corrected chi connectivity index (χ3v) is 10.5. The third-order valence-electron chi connectivity index (χ3n) is 10.5. The summed E-state index contributed by atoms with van der Waals surface area (Å²) >= 11 is 0. The molecule has 2 aromatic heterocycles. The SMILES string of the molecule is c1ccc(-c2cccc3c2oc2cccc(-c4c5ccccc5c(-c5cccc6oc7c8ccccc8ccc7c56)c5ccccc45)c23)cc1. The van der Waals surface area contributed by atoms with E-state index >= 15 is 0 Å². The number of para-hydroxylation sites is 1. The first-order valence-electron chi connectivity index (χ1n) is 17.1. The van der Waals surface area contributed by atoms with Gasteiger partial charge in [0.05, 0.1) is 0 Å². The lowest BCUT2D eigenvalue weighted by atomic mass is 9.84. The summed E-state index contributed by atoms with van der Waals surface area (Å²) in [5, 5.41) is 11.7. The smallest absolute Gasteiger partial charge is 0.143 e. The van der Waals surface area contributed by atoms with Gasteiger partial charge in [0.1, 0.15) is 22.3 Å². The molecule has 0 atom stereocenters. The number of rotatable bonds is 3. The molecule has 0 aliphatic heterocycles. The Morgan fingerprint density at radius 3 is 1.36 bits per heavy atom. The average Bonchev–Trinajstić information content (AvgIpc) is 3.77. The predicted molar refractivity (Wildman–Crippen MR) is 210 cm³/mol. The summed E-state index contributed by atoms with van der Waals surface area (Å²) in [6.45, 7) is 0. The molecule has 0 unspecified atom stereocenters. The molecule has 0 saturated carbocycles. The van der Waals surface area contributed by atoms with Crippen molar-refractivity contribution in [2.24, 2.45) is 0 Å². The molecule has 0 fully saturated rings. The minimum Gasteiger partial charge on any atom is -0.455 e. The number of benzene rings is 9. The molecule has 11 aromatic rings. The van der Waals surface area contributed by atoms with Gasteiger partial charge in [0, 0.05) is 32.5 Å². The van der Waals surface area contributed by atoms with Crippen molar-refractivity contribution < 1.29 is 8.83 Å². The molecule has 50 heavy (non-hydrogen) atoms. The van der Waals surface area contributed by atoms with Crippen molar-refractivity contribution in [2.45, 2.75) is 0 Å². The summed E-state index contributed by atoms with van der Waals surface area (Å²) in [5.41, 5.74) is 10.7. The number of furan rings is 2. The second-order valence-corrected chi connectivity index (χ2v) is 13.1. The first-order chi connectivity index (χ1) is 24.8. The van der Waals surface area contributed by atoms with E-state index in [1.54, 1.807) is 0 Å². The zero-order valence-electron chi connectivity index (χ0n) is 27.0. The molecule has 0 radical (unpaired) electrons. The van der Waals surface area contributed by atoms with Crippen LogP contribution in [0, 0.1) is 0 Å². The molecule has 2 heteroatoms. The highest BCUT2D eigenvalue weighted by Gasteiger charge is 2.23. The molecule has 0 aliphatic rings. The van der Waals surface area contributed by atoms with Gasteiger partial charge >= 0.3 is 0 Å². The average molecular weight is 637 g/mol. The van der Waals surface area contributed by atoms with Gasteiger partial charge in [0.25, 0.3) is 0 Å². The van der Waals surface area contributed by atoms with Gasteiger partial charge in [-0.25, -0.2) is 0 Å². The van der Waals surface area contributed by atoms with Gasteiger partial charge in [-0.15, -0.1) is 0 Å². The van der Waals surface area contributed by atoms with Gasteiger partial charge in [-0.2, -0.15) is 0 Å². The standard InChI is InChI=1S/C48H28O2/c1-2-13-29(14-3-1)32-21-10-24-39-45-37(22-11-25-41(45)49-47(32)39)43-33-17-6-8-19-35(33)44(36-20-9-7-18-34(36)43)38-23-12-26-42-46(38)40-28-27-30-15-4-5-16-31(30)48(40)50-42/h1-28H. The molecule has 9 aromatic carbocycles. The van der Waals surface area contributed by atoms with Crippen LogP contribution >= 0.6 is 0 Å². The number of hydrogen-bond acceptors (Lipinski definition) is 2. The van der Waals surface area contributed by atoms with Gasteiger partial charge in [0.2, 0.25) is 0 Å². The minimum absolute atomic E-state index is 0.889. The van der Waals surface area contributed by atoms with Gasteiger partial charge in [-0.1, -0.05) is 152 Å². The van der Waals surface area contributed by atoms with Crippen molar-refractivity contribution in [1.29, 1.82) is 0 Å². The van der Waals surface area contributed by atoms with E-state index in [2.05, 4.69) is 170 Å². The Balaban J connectivity index is 1.26. The maximum Gasteiger partial charge on any atom is 0.143 e. The van der Waals surface area contributed by atoms with Crippen LogP contribution in [0.1, 0.15) is 0 Å². The van der Waals surface area contributed by atoms with Crippen LogP contribution in [-0.4, -0.2) is 0 Å². The lowest BCUT2D eigenvalue weighted by Gasteiger charge is -2.18. The first kappa shape index (κ1) is 27.3. The van der Waals surface area contributed by atoms with Crippen molar-refractivity contribution in [3.05, 3.63) is 170 Å². The first-order valence-corrected chi connectivity index (χ1v) is 17.1. The van der Waals surface area contributed by atoms with E-state index in [4.69, 9.17) is 8.83 Å². The molecular weight excluding hydrogens is 609 g/mol. The second-order valence-electron chi connectivity index (χ2n) is 13.1. The van der Waals surface area contributed by atoms with Crippen LogP contribution < -0.4 is 0 Å². The second kappa shape index (κ2) is 10.4. The fourth-order valence-electron chi connectivity index (χ4n) is 8.37. The molecule has 0 N–H and O–H groups in total. The Morgan fingerprint density at radius 1 is 0.280 bits per heavy atom.